The second-order valence-electron chi connectivity index (χ2n) is 8.21. The molecule has 1 unspecified atom stereocenters. The number of fused-ring (bicyclic) bond motifs is 1. The molecule has 1 heterocycles. The zero-order valence-electron chi connectivity index (χ0n) is 20.2. The molecular weight excluding hydrogens is 454 g/mol. The zero-order chi connectivity index (χ0) is 24.9. The number of hydrogen-bond acceptors (Lipinski definition) is 5. The normalized spacial score (nSPS) is 15.7. The number of hydrogen-bond donors (Lipinski definition) is 1. The summed E-state index contributed by atoms with van der Waals surface area (Å²) in [6.07, 6.45) is 2.39. The van der Waals surface area contributed by atoms with Gasteiger partial charge in [-0.25, -0.2) is 8.42 Å². The predicted molar refractivity (Wildman–Crippen MR) is 133 cm³/mol. The lowest BCUT2D eigenvalue weighted by Crippen LogP contribution is -2.44. The van der Waals surface area contributed by atoms with Crippen molar-refractivity contribution in [3.63, 3.8) is 0 Å². The van der Waals surface area contributed by atoms with Crippen molar-refractivity contribution < 1.29 is 22.7 Å². The van der Waals surface area contributed by atoms with Gasteiger partial charge >= 0.3 is 0 Å². The van der Waals surface area contributed by atoms with Gasteiger partial charge in [-0.1, -0.05) is 33.6 Å². The van der Waals surface area contributed by atoms with Crippen LogP contribution >= 0.6 is 0 Å². The third kappa shape index (κ3) is 5.42. The zero-order valence-corrected chi connectivity index (χ0v) is 21.0. The first-order valence-corrected chi connectivity index (χ1v) is 13.2. The molecule has 3 rings (SSSR count). The summed E-state index contributed by atoms with van der Waals surface area (Å²) in [6, 6.07) is 11.1. The molecule has 0 fully saturated rings. The predicted octanol–water partition coefficient (Wildman–Crippen LogP) is 4.27. The highest BCUT2D eigenvalue weighted by molar-refractivity contribution is 7.89. The lowest BCUT2D eigenvalue weighted by molar-refractivity contribution is -0.125. The van der Waals surface area contributed by atoms with Gasteiger partial charge in [-0.2, -0.15) is 4.31 Å². The molecule has 1 atom stereocenters. The Labute approximate surface area is 201 Å². The molecular formula is C25H33N3O5S. The number of benzene rings is 2. The summed E-state index contributed by atoms with van der Waals surface area (Å²) in [4.78, 5) is 27.4. The fourth-order valence-electron chi connectivity index (χ4n) is 3.93. The van der Waals surface area contributed by atoms with Crippen LogP contribution < -0.4 is 15.0 Å². The number of anilines is 2. The third-order valence-electron chi connectivity index (χ3n) is 5.87. The van der Waals surface area contributed by atoms with Gasteiger partial charge in [0.2, 0.25) is 10.0 Å². The van der Waals surface area contributed by atoms with E-state index in [1.807, 2.05) is 0 Å². The quantitative estimate of drug-likeness (QED) is 0.505. The van der Waals surface area contributed by atoms with E-state index in [0.717, 1.165) is 19.3 Å². The standard InChI is InChI=1S/C25H33N3O5S/c1-5-8-9-16-28-22-17-20(12-15-23(22)33-18(4)25(28)30)26-24(29)19-10-13-21(14-11-19)34(31,32)27(6-2)7-3/h10-15,17-18H,5-9,16H2,1-4H3,(H,26,29). The maximum absolute atomic E-state index is 12.8. The summed E-state index contributed by atoms with van der Waals surface area (Å²) in [6.45, 7) is 8.75. The minimum absolute atomic E-state index is 0.0999. The highest BCUT2D eigenvalue weighted by atomic mass is 32.2. The minimum Gasteiger partial charge on any atom is -0.479 e. The highest BCUT2D eigenvalue weighted by Crippen LogP contribution is 2.36. The van der Waals surface area contributed by atoms with Crippen molar-refractivity contribution in [2.24, 2.45) is 0 Å². The Hall–Kier alpha value is -2.91. The summed E-state index contributed by atoms with van der Waals surface area (Å²) >= 11 is 0. The van der Waals surface area contributed by atoms with Crippen molar-refractivity contribution in [2.45, 2.75) is 58.0 Å². The Balaban J connectivity index is 1.79. The highest BCUT2D eigenvalue weighted by Gasteiger charge is 2.31. The fraction of sp³-hybridized carbons (Fsp3) is 0.440. The number of rotatable bonds is 10. The molecule has 0 aromatic heterocycles. The number of carbonyl (C=O) groups is 2. The van der Waals surface area contributed by atoms with E-state index < -0.39 is 16.1 Å². The van der Waals surface area contributed by atoms with Crippen LogP contribution in [0.15, 0.2) is 47.4 Å². The monoisotopic (exact) mass is 487 g/mol. The Morgan fingerprint density at radius 3 is 2.35 bits per heavy atom. The van der Waals surface area contributed by atoms with Gasteiger partial charge in [0.15, 0.2) is 6.10 Å². The molecule has 0 radical (unpaired) electrons. The average molecular weight is 488 g/mol. The van der Waals surface area contributed by atoms with E-state index in [1.165, 1.54) is 28.6 Å². The summed E-state index contributed by atoms with van der Waals surface area (Å²) in [5, 5.41) is 2.83. The van der Waals surface area contributed by atoms with Crippen LogP contribution in [0.3, 0.4) is 0 Å². The molecule has 2 amide bonds. The van der Waals surface area contributed by atoms with E-state index in [1.54, 1.807) is 43.9 Å². The lowest BCUT2D eigenvalue weighted by atomic mass is 10.1. The molecule has 34 heavy (non-hydrogen) atoms. The van der Waals surface area contributed by atoms with Crippen LogP contribution in [0.1, 0.15) is 57.3 Å². The number of unbranched alkanes of at least 4 members (excludes halogenated alkanes) is 2. The smallest absolute Gasteiger partial charge is 0.267 e. The van der Waals surface area contributed by atoms with E-state index >= 15 is 0 Å². The number of carbonyl (C=O) groups excluding carboxylic acids is 2. The molecule has 1 aliphatic heterocycles. The minimum atomic E-state index is -3.59. The summed E-state index contributed by atoms with van der Waals surface area (Å²) < 4.78 is 32.4. The third-order valence-corrected chi connectivity index (χ3v) is 7.93. The van der Waals surface area contributed by atoms with Gasteiger partial charge in [-0.05, 0) is 55.8 Å². The molecule has 8 nitrogen and oxygen atoms in total. The molecule has 0 saturated heterocycles. The van der Waals surface area contributed by atoms with E-state index in [2.05, 4.69) is 12.2 Å². The summed E-state index contributed by atoms with van der Waals surface area (Å²) in [7, 11) is -3.59. The molecule has 1 N–H and O–H groups in total. The Morgan fingerprint density at radius 2 is 1.74 bits per heavy atom. The van der Waals surface area contributed by atoms with Crippen LogP contribution in [0.25, 0.3) is 0 Å². The average Bonchev–Trinajstić information content (AvgIpc) is 2.82. The SMILES string of the molecule is CCCCCN1C(=O)C(C)Oc2ccc(NC(=O)c3ccc(S(=O)(=O)N(CC)CC)cc3)cc21. The second-order valence-corrected chi connectivity index (χ2v) is 10.1. The van der Waals surface area contributed by atoms with Crippen molar-refractivity contribution in [3.05, 3.63) is 48.0 Å². The largest absolute Gasteiger partial charge is 0.479 e. The molecule has 0 aliphatic carbocycles. The maximum atomic E-state index is 12.8. The van der Waals surface area contributed by atoms with Crippen LogP contribution in [0.4, 0.5) is 11.4 Å². The van der Waals surface area contributed by atoms with Gasteiger partial charge in [-0.15, -0.1) is 0 Å². The molecule has 184 valence electrons. The Morgan fingerprint density at radius 1 is 1.06 bits per heavy atom. The molecule has 0 saturated carbocycles. The first-order chi connectivity index (χ1) is 16.2. The van der Waals surface area contributed by atoms with Gasteiger partial charge in [0.1, 0.15) is 5.75 Å². The number of nitrogens with one attached hydrogen (secondary N) is 1. The molecule has 9 heteroatoms. The van der Waals surface area contributed by atoms with Crippen LogP contribution in [0.5, 0.6) is 5.75 Å². The van der Waals surface area contributed by atoms with Gasteiger partial charge in [0, 0.05) is 30.9 Å². The number of ether oxygens (including phenoxy) is 1. The van der Waals surface area contributed by atoms with Crippen molar-refractivity contribution in [1.29, 1.82) is 0 Å². The topological polar surface area (TPSA) is 96.0 Å². The van der Waals surface area contributed by atoms with E-state index in [9.17, 15) is 18.0 Å². The van der Waals surface area contributed by atoms with Crippen LogP contribution in [0, 0.1) is 0 Å². The van der Waals surface area contributed by atoms with Crippen molar-refractivity contribution in [3.8, 4) is 5.75 Å². The number of nitrogens with zero attached hydrogens (tertiary/aromatic N) is 2. The van der Waals surface area contributed by atoms with Crippen molar-refractivity contribution in [2.75, 3.05) is 29.9 Å². The van der Waals surface area contributed by atoms with Gasteiger partial charge in [0.25, 0.3) is 11.8 Å². The van der Waals surface area contributed by atoms with Crippen LogP contribution in [0.2, 0.25) is 0 Å². The van der Waals surface area contributed by atoms with E-state index in [0.29, 0.717) is 42.3 Å². The lowest BCUT2D eigenvalue weighted by Gasteiger charge is -2.33. The number of amides is 2. The summed E-state index contributed by atoms with van der Waals surface area (Å²) in [5.41, 5.74) is 1.49. The van der Waals surface area contributed by atoms with Gasteiger partial charge in [-0.3, -0.25) is 9.59 Å². The number of sulfonamides is 1. The molecule has 1 aliphatic rings. The first-order valence-electron chi connectivity index (χ1n) is 11.8. The Kier molecular flexibility index (Phi) is 8.33. The Bertz CT molecular complexity index is 1130. The van der Waals surface area contributed by atoms with Gasteiger partial charge in [0.05, 0.1) is 10.6 Å². The molecule has 0 bridgehead atoms. The van der Waals surface area contributed by atoms with Crippen LogP contribution in [-0.4, -0.2) is 50.3 Å². The molecule has 2 aromatic rings. The first kappa shape index (κ1) is 25.7. The second kappa shape index (κ2) is 11.0. The summed E-state index contributed by atoms with van der Waals surface area (Å²) in [5.74, 6) is 0.130. The molecule has 0 spiro atoms. The van der Waals surface area contributed by atoms with Crippen molar-refractivity contribution >= 4 is 33.2 Å². The molecule has 2 aromatic carbocycles. The van der Waals surface area contributed by atoms with Crippen molar-refractivity contribution in [1.82, 2.24) is 4.31 Å². The fourth-order valence-corrected chi connectivity index (χ4v) is 5.39. The van der Waals surface area contributed by atoms with E-state index in [4.69, 9.17) is 4.74 Å². The van der Waals surface area contributed by atoms with E-state index in [-0.39, 0.29) is 16.7 Å². The van der Waals surface area contributed by atoms with Crippen LogP contribution in [-0.2, 0) is 14.8 Å². The van der Waals surface area contributed by atoms with Gasteiger partial charge < -0.3 is 15.0 Å². The maximum Gasteiger partial charge on any atom is 0.267 e.